The summed E-state index contributed by atoms with van der Waals surface area (Å²) in [5, 5.41) is 9.63. The summed E-state index contributed by atoms with van der Waals surface area (Å²) in [5.41, 5.74) is 3.11. The number of carbonyl (C=O) groups is 1. The van der Waals surface area contributed by atoms with E-state index in [9.17, 15) is 4.79 Å². The number of rotatable bonds is 6. The molecule has 1 aliphatic rings. The van der Waals surface area contributed by atoms with Crippen molar-refractivity contribution >= 4 is 17.7 Å². The molecule has 0 N–H and O–H groups in total. The smallest absolute Gasteiger partial charge is 0.233 e. The molecule has 0 unspecified atom stereocenters. The van der Waals surface area contributed by atoms with Gasteiger partial charge >= 0.3 is 0 Å². The summed E-state index contributed by atoms with van der Waals surface area (Å²) in [6.45, 7) is 3.78. The van der Waals surface area contributed by atoms with E-state index >= 15 is 0 Å². The average molecular weight is 437 g/mol. The highest BCUT2D eigenvalue weighted by Crippen LogP contribution is 2.29. The van der Waals surface area contributed by atoms with E-state index in [0.717, 1.165) is 48.8 Å². The molecule has 1 saturated heterocycles. The molecule has 1 fully saturated rings. The fourth-order valence-electron chi connectivity index (χ4n) is 3.75. The first-order valence-corrected chi connectivity index (χ1v) is 11.7. The first kappa shape index (κ1) is 21.4. The quantitative estimate of drug-likeness (QED) is 0.522. The van der Waals surface area contributed by atoms with E-state index in [0.29, 0.717) is 10.9 Å². The number of hydrogen-bond donors (Lipinski definition) is 0. The molecule has 6 nitrogen and oxygen atoms in total. The molecule has 1 aromatic heterocycles. The van der Waals surface area contributed by atoms with Crippen molar-refractivity contribution < 1.29 is 9.53 Å². The molecule has 3 aromatic rings. The lowest BCUT2D eigenvalue weighted by Crippen LogP contribution is -2.33. The Morgan fingerprint density at radius 3 is 2.29 bits per heavy atom. The van der Waals surface area contributed by atoms with Crippen LogP contribution < -0.4 is 4.74 Å². The first-order chi connectivity index (χ1) is 15.2. The Kier molecular flexibility index (Phi) is 6.92. The summed E-state index contributed by atoms with van der Waals surface area (Å²) in [5.74, 6) is 2.09. The Morgan fingerprint density at radius 1 is 0.968 bits per heavy atom. The van der Waals surface area contributed by atoms with E-state index in [1.807, 2.05) is 33.7 Å². The summed E-state index contributed by atoms with van der Waals surface area (Å²) in [7, 11) is 1.65. The van der Waals surface area contributed by atoms with Crippen LogP contribution in [0, 0.1) is 6.92 Å². The van der Waals surface area contributed by atoms with Crippen molar-refractivity contribution in [3.8, 4) is 22.8 Å². The molecule has 0 radical (unpaired) electrons. The monoisotopic (exact) mass is 436 g/mol. The highest BCUT2D eigenvalue weighted by molar-refractivity contribution is 7.99. The molecule has 0 bridgehead atoms. The van der Waals surface area contributed by atoms with Crippen molar-refractivity contribution in [2.45, 2.75) is 37.8 Å². The zero-order valence-electron chi connectivity index (χ0n) is 18.1. The second-order valence-electron chi connectivity index (χ2n) is 7.79. The molecule has 1 aliphatic heterocycles. The summed E-state index contributed by atoms with van der Waals surface area (Å²) in [6, 6.07) is 16.1. The Hall–Kier alpha value is -2.80. The minimum Gasteiger partial charge on any atom is -0.497 e. The van der Waals surface area contributed by atoms with Gasteiger partial charge in [-0.3, -0.25) is 9.36 Å². The van der Waals surface area contributed by atoms with Crippen LogP contribution in [0.4, 0.5) is 0 Å². The highest BCUT2D eigenvalue weighted by Gasteiger charge is 2.20. The van der Waals surface area contributed by atoms with Gasteiger partial charge in [0.25, 0.3) is 0 Å². The number of aromatic nitrogens is 3. The SMILES string of the molecule is COc1ccc(-n2c(SCC(=O)N3CCCCCC3)nnc2-c2ccc(C)cc2)cc1. The van der Waals surface area contributed by atoms with Crippen LogP contribution in [0.5, 0.6) is 5.75 Å². The molecule has 2 heterocycles. The molecule has 31 heavy (non-hydrogen) atoms. The second-order valence-corrected chi connectivity index (χ2v) is 8.73. The van der Waals surface area contributed by atoms with Crippen LogP contribution in [0.25, 0.3) is 17.1 Å². The second kappa shape index (κ2) is 10.0. The normalized spacial score (nSPS) is 14.3. The predicted molar refractivity (Wildman–Crippen MR) is 124 cm³/mol. The van der Waals surface area contributed by atoms with Gasteiger partial charge in [-0.1, -0.05) is 54.4 Å². The fraction of sp³-hybridized carbons (Fsp3) is 0.375. The predicted octanol–water partition coefficient (Wildman–Crippen LogP) is 4.75. The molecule has 0 atom stereocenters. The van der Waals surface area contributed by atoms with Gasteiger partial charge in [0.1, 0.15) is 5.75 Å². The molecule has 1 amide bonds. The van der Waals surface area contributed by atoms with Crippen LogP contribution in [0.15, 0.2) is 53.7 Å². The lowest BCUT2D eigenvalue weighted by atomic mass is 10.1. The Labute approximate surface area is 187 Å². The van der Waals surface area contributed by atoms with Gasteiger partial charge in [0, 0.05) is 24.3 Å². The number of carbonyl (C=O) groups excluding carboxylic acids is 1. The summed E-state index contributed by atoms with van der Waals surface area (Å²) in [6.07, 6.45) is 4.61. The number of thioether (sulfide) groups is 1. The standard InChI is InChI=1S/C24H28N4O2S/c1-18-7-9-19(10-8-18)23-25-26-24(28(23)20-11-13-21(30-2)14-12-20)31-17-22(29)27-15-5-3-4-6-16-27/h7-14H,3-6,15-17H2,1-2H3. The number of methoxy groups -OCH3 is 1. The minimum absolute atomic E-state index is 0.174. The summed E-state index contributed by atoms with van der Waals surface area (Å²) >= 11 is 1.45. The van der Waals surface area contributed by atoms with Crippen LogP contribution in [0.2, 0.25) is 0 Å². The van der Waals surface area contributed by atoms with Gasteiger partial charge in [0.05, 0.1) is 12.9 Å². The van der Waals surface area contributed by atoms with E-state index in [2.05, 4.69) is 41.4 Å². The number of aryl methyl sites for hydroxylation is 1. The number of ether oxygens (including phenoxy) is 1. The first-order valence-electron chi connectivity index (χ1n) is 10.7. The Balaban J connectivity index is 1.62. The molecule has 0 saturated carbocycles. The molecule has 0 aliphatic carbocycles. The third-order valence-electron chi connectivity index (χ3n) is 5.56. The van der Waals surface area contributed by atoms with E-state index in [-0.39, 0.29) is 5.91 Å². The van der Waals surface area contributed by atoms with Crippen molar-refractivity contribution in [2.75, 3.05) is 26.0 Å². The van der Waals surface area contributed by atoms with E-state index in [1.165, 1.54) is 30.2 Å². The Bertz CT molecular complexity index is 1010. The van der Waals surface area contributed by atoms with E-state index in [4.69, 9.17) is 4.74 Å². The van der Waals surface area contributed by atoms with E-state index < -0.39 is 0 Å². The fourth-order valence-corrected chi connectivity index (χ4v) is 4.61. The number of benzene rings is 2. The molecular weight excluding hydrogens is 408 g/mol. The van der Waals surface area contributed by atoms with Crippen molar-refractivity contribution in [1.29, 1.82) is 0 Å². The highest BCUT2D eigenvalue weighted by atomic mass is 32.2. The maximum atomic E-state index is 12.8. The van der Waals surface area contributed by atoms with Gasteiger partial charge in [-0.2, -0.15) is 0 Å². The van der Waals surface area contributed by atoms with Crippen LogP contribution in [0.3, 0.4) is 0 Å². The van der Waals surface area contributed by atoms with Crippen molar-refractivity contribution in [2.24, 2.45) is 0 Å². The molecule has 2 aromatic carbocycles. The molecular formula is C24H28N4O2S. The third-order valence-corrected chi connectivity index (χ3v) is 6.47. The lowest BCUT2D eigenvalue weighted by Gasteiger charge is -2.20. The van der Waals surface area contributed by atoms with Gasteiger partial charge < -0.3 is 9.64 Å². The van der Waals surface area contributed by atoms with Gasteiger partial charge in [0.2, 0.25) is 5.91 Å². The van der Waals surface area contributed by atoms with Crippen LogP contribution >= 0.6 is 11.8 Å². The molecule has 4 rings (SSSR count). The summed E-state index contributed by atoms with van der Waals surface area (Å²) in [4.78, 5) is 14.8. The van der Waals surface area contributed by atoms with Gasteiger partial charge in [0.15, 0.2) is 11.0 Å². The maximum absolute atomic E-state index is 12.8. The van der Waals surface area contributed by atoms with E-state index in [1.54, 1.807) is 7.11 Å². The third kappa shape index (κ3) is 5.10. The summed E-state index contributed by atoms with van der Waals surface area (Å²) < 4.78 is 7.32. The van der Waals surface area contributed by atoms with Gasteiger partial charge in [-0.25, -0.2) is 0 Å². The van der Waals surface area contributed by atoms with Crippen molar-refractivity contribution in [1.82, 2.24) is 19.7 Å². The average Bonchev–Trinajstić information content (AvgIpc) is 3.02. The largest absolute Gasteiger partial charge is 0.497 e. The zero-order valence-corrected chi connectivity index (χ0v) is 18.9. The van der Waals surface area contributed by atoms with Crippen LogP contribution in [-0.2, 0) is 4.79 Å². The zero-order chi connectivity index (χ0) is 21.6. The van der Waals surface area contributed by atoms with Gasteiger partial charge in [-0.05, 0) is 44.0 Å². The maximum Gasteiger partial charge on any atom is 0.233 e. The number of nitrogens with zero attached hydrogens (tertiary/aromatic N) is 4. The lowest BCUT2D eigenvalue weighted by molar-refractivity contribution is -0.128. The molecule has 7 heteroatoms. The number of amides is 1. The Morgan fingerprint density at radius 2 is 1.65 bits per heavy atom. The van der Waals surface area contributed by atoms with Crippen LogP contribution in [0.1, 0.15) is 31.2 Å². The van der Waals surface area contributed by atoms with Crippen LogP contribution in [-0.4, -0.2) is 51.5 Å². The minimum atomic E-state index is 0.174. The van der Waals surface area contributed by atoms with Gasteiger partial charge in [-0.15, -0.1) is 10.2 Å². The number of likely N-dealkylation sites (tertiary alicyclic amines) is 1. The molecule has 162 valence electrons. The molecule has 0 spiro atoms. The van der Waals surface area contributed by atoms with Crippen molar-refractivity contribution in [3.05, 3.63) is 54.1 Å². The van der Waals surface area contributed by atoms with Crippen molar-refractivity contribution in [3.63, 3.8) is 0 Å². The topological polar surface area (TPSA) is 60.2 Å². The number of hydrogen-bond acceptors (Lipinski definition) is 5.